The maximum atomic E-state index is 12.8. The highest BCUT2D eigenvalue weighted by Crippen LogP contribution is 2.41. The van der Waals surface area contributed by atoms with E-state index in [1.54, 1.807) is 15.4 Å². The van der Waals surface area contributed by atoms with Gasteiger partial charge in [-0.25, -0.2) is 0 Å². The quantitative estimate of drug-likeness (QED) is 0.422. The molecule has 3 aromatic heterocycles. The molecular formula is C26H23N7O2. The summed E-state index contributed by atoms with van der Waals surface area (Å²) in [5.74, 6) is 2.32. The van der Waals surface area contributed by atoms with Crippen LogP contribution in [0, 0.1) is 13.8 Å². The van der Waals surface area contributed by atoms with E-state index >= 15 is 0 Å². The largest absolute Gasteiger partial charge is 0.489 e. The summed E-state index contributed by atoms with van der Waals surface area (Å²) in [6, 6.07) is 19.8. The number of para-hydroxylation sites is 1. The van der Waals surface area contributed by atoms with Crippen LogP contribution in [0.15, 0.2) is 66.9 Å². The van der Waals surface area contributed by atoms with E-state index in [9.17, 15) is 4.79 Å². The molecule has 1 aliphatic heterocycles. The summed E-state index contributed by atoms with van der Waals surface area (Å²) in [5.41, 5.74) is 4.81. The first kappa shape index (κ1) is 21.0. The summed E-state index contributed by atoms with van der Waals surface area (Å²) < 4.78 is 9.52. The predicted molar refractivity (Wildman–Crippen MR) is 130 cm³/mol. The highest BCUT2D eigenvalue weighted by Gasteiger charge is 2.32. The van der Waals surface area contributed by atoms with E-state index in [2.05, 4.69) is 56.9 Å². The van der Waals surface area contributed by atoms with Gasteiger partial charge in [0.05, 0.1) is 6.20 Å². The average Bonchev–Trinajstić information content (AvgIpc) is 3.46. The molecule has 0 aliphatic carbocycles. The van der Waals surface area contributed by atoms with Crippen molar-refractivity contribution in [3.05, 3.63) is 94.9 Å². The third kappa shape index (κ3) is 3.80. The fourth-order valence-electron chi connectivity index (χ4n) is 4.42. The number of rotatable bonds is 5. The zero-order valence-corrected chi connectivity index (χ0v) is 19.3. The summed E-state index contributed by atoms with van der Waals surface area (Å²) in [6.45, 7) is 4.35. The molecular weight excluding hydrogens is 442 g/mol. The molecule has 0 saturated heterocycles. The molecule has 35 heavy (non-hydrogen) atoms. The highest BCUT2D eigenvalue weighted by molar-refractivity contribution is 5.94. The molecule has 0 unspecified atom stereocenters. The van der Waals surface area contributed by atoms with Crippen LogP contribution in [0.3, 0.4) is 0 Å². The Morgan fingerprint density at radius 2 is 1.83 bits per heavy atom. The van der Waals surface area contributed by atoms with Crippen molar-refractivity contribution in [1.29, 1.82) is 0 Å². The van der Waals surface area contributed by atoms with Crippen LogP contribution in [0.2, 0.25) is 0 Å². The van der Waals surface area contributed by atoms with Crippen molar-refractivity contribution in [2.75, 3.05) is 5.32 Å². The molecule has 6 rings (SSSR count). The van der Waals surface area contributed by atoms with Crippen LogP contribution in [0.1, 0.15) is 40.4 Å². The lowest BCUT2D eigenvalue weighted by Gasteiger charge is -2.25. The summed E-state index contributed by atoms with van der Waals surface area (Å²) in [6.07, 6.45) is 2.10. The van der Waals surface area contributed by atoms with Gasteiger partial charge in [-0.2, -0.15) is 14.3 Å². The number of carbonyl (C=O) groups is 1. The van der Waals surface area contributed by atoms with Gasteiger partial charge in [-0.3, -0.25) is 4.79 Å². The fourth-order valence-corrected chi connectivity index (χ4v) is 4.42. The summed E-state index contributed by atoms with van der Waals surface area (Å²) >= 11 is 0. The molecule has 2 aromatic carbocycles. The van der Waals surface area contributed by atoms with Gasteiger partial charge in [0.2, 0.25) is 5.91 Å². The number of aryl methyl sites for hydroxylation is 2. The minimum Gasteiger partial charge on any atom is -0.489 e. The van der Waals surface area contributed by atoms with Crippen LogP contribution >= 0.6 is 0 Å². The first-order valence-corrected chi connectivity index (χ1v) is 11.4. The van der Waals surface area contributed by atoms with Gasteiger partial charge in [-0.15, -0.1) is 15.3 Å². The van der Waals surface area contributed by atoms with Gasteiger partial charge in [-0.05, 0) is 37.6 Å². The van der Waals surface area contributed by atoms with Crippen LogP contribution < -0.4 is 10.1 Å². The standard InChI is InChI=1S/C26H23N7O2/c1-16-7-9-18(10-8-16)15-35-22-6-4-3-5-19(22)20-13-25(34)28-26-21(20)14-27-33(26)24-12-11-23-30-29-17(2)32(23)31-24/h3-12,14,20H,13,15H2,1-2H3,(H,28,34)/t20-/m1/s1. The van der Waals surface area contributed by atoms with Crippen LogP contribution in [0.5, 0.6) is 5.75 Å². The van der Waals surface area contributed by atoms with Crippen LogP contribution in [0.25, 0.3) is 11.5 Å². The summed E-state index contributed by atoms with van der Waals surface area (Å²) in [5, 5.41) is 20.3. The van der Waals surface area contributed by atoms with E-state index in [1.165, 1.54) is 5.56 Å². The van der Waals surface area contributed by atoms with E-state index in [0.29, 0.717) is 36.1 Å². The zero-order chi connectivity index (χ0) is 23.9. The number of anilines is 1. The predicted octanol–water partition coefficient (Wildman–Crippen LogP) is 3.98. The number of amides is 1. The molecule has 174 valence electrons. The molecule has 0 saturated carbocycles. The van der Waals surface area contributed by atoms with E-state index in [-0.39, 0.29) is 11.8 Å². The monoisotopic (exact) mass is 465 g/mol. The molecule has 0 radical (unpaired) electrons. The molecule has 4 heterocycles. The van der Waals surface area contributed by atoms with Crippen molar-refractivity contribution in [3.8, 4) is 11.6 Å². The van der Waals surface area contributed by atoms with E-state index in [1.807, 2.05) is 43.3 Å². The number of aromatic nitrogens is 6. The summed E-state index contributed by atoms with van der Waals surface area (Å²) in [7, 11) is 0. The Labute approximate surface area is 201 Å². The second-order valence-electron chi connectivity index (χ2n) is 8.69. The van der Waals surface area contributed by atoms with E-state index in [0.717, 1.165) is 22.4 Å². The van der Waals surface area contributed by atoms with Gasteiger partial charge >= 0.3 is 0 Å². The number of ether oxygens (including phenoxy) is 1. The normalized spacial score (nSPS) is 15.1. The van der Waals surface area contributed by atoms with Crippen molar-refractivity contribution in [2.45, 2.75) is 32.8 Å². The number of nitrogens with one attached hydrogen (secondary N) is 1. The van der Waals surface area contributed by atoms with Gasteiger partial charge in [-0.1, -0.05) is 48.0 Å². The number of carbonyl (C=O) groups excluding carboxylic acids is 1. The molecule has 1 atom stereocenters. The zero-order valence-electron chi connectivity index (χ0n) is 19.3. The number of nitrogens with zero attached hydrogens (tertiary/aromatic N) is 6. The van der Waals surface area contributed by atoms with Crippen molar-refractivity contribution in [1.82, 2.24) is 29.6 Å². The molecule has 9 nitrogen and oxygen atoms in total. The Morgan fingerprint density at radius 1 is 1.00 bits per heavy atom. The average molecular weight is 466 g/mol. The Balaban J connectivity index is 1.36. The van der Waals surface area contributed by atoms with Gasteiger partial charge in [0.15, 0.2) is 17.3 Å². The minimum atomic E-state index is -0.193. The van der Waals surface area contributed by atoms with Gasteiger partial charge in [0.1, 0.15) is 18.2 Å². The topological polar surface area (TPSA) is 99.2 Å². The van der Waals surface area contributed by atoms with Crippen LogP contribution in [-0.2, 0) is 11.4 Å². The first-order chi connectivity index (χ1) is 17.1. The van der Waals surface area contributed by atoms with Gasteiger partial charge in [0.25, 0.3) is 0 Å². The van der Waals surface area contributed by atoms with Gasteiger partial charge < -0.3 is 10.1 Å². The Bertz CT molecular complexity index is 1550. The van der Waals surface area contributed by atoms with E-state index in [4.69, 9.17) is 4.74 Å². The van der Waals surface area contributed by atoms with Crippen molar-refractivity contribution >= 4 is 17.4 Å². The molecule has 5 aromatic rings. The third-order valence-electron chi connectivity index (χ3n) is 6.25. The second-order valence-corrected chi connectivity index (χ2v) is 8.69. The van der Waals surface area contributed by atoms with Crippen molar-refractivity contribution in [2.24, 2.45) is 0 Å². The smallest absolute Gasteiger partial charge is 0.226 e. The Morgan fingerprint density at radius 3 is 2.69 bits per heavy atom. The van der Waals surface area contributed by atoms with Gasteiger partial charge in [0, 0.05) is 23.5 Å². The lowest BCUT2D eigenvalue weighted by molar-refractivity contribution is -0.116. The molecule has 1 N–H and O–H groups in total. The molecule has 0 spiro atoms. The fraction of sp³-hybridized carbons (Fsp3) is 0.192. The lowest BCUT2D eigenvalue weighted by Crippen LogP contribution is -2.25. The maximum Gasteiger partial charge on any atom is 0.226 e. The number of hydrogen-bond donors (Lipinski definition) is 1. The van der Waals surface area contributed by atoms with Crippen molar-refractivity contribution in [3.63, 3.8) is 0 Å². The van der Waals surface area contributed by atoms with Crippen LogP contribution in [0.4, 0.5) is 5.82 Å². The third-order valence-corrected chi connectivity index (χ3v) is 6.25. The number of benzene rings is 2. The maximum absolute atomic E-state index is 12.8. The second kappa shape index (κ2) is 8.35. The molecule has 0 fully saturated rings. The number of hydrogen-bond acceptors (Lipinski definition) is 6. The molecule has 0 bridgehead atoms. The Kier molecular flexibility index (Phi) is 5.02. The lowest BCUT2D eigenvalue weighted by atomic mass is 9.87. The summed E-state index contributed by atoms with van der Waals surface area (Å²) in [4.78, 5) is 12.8. The van der Waals surface area contributed by atoms with Crippen LogP contribution in [-0.4, -0.2) is 35.5 Å². The van der Waals surface area contributed by atoms with Crippen molar-refractivity contribution < 1.29 is 9.53 Å². The first-order valence-electron chi connectivity index (χ1n) is 11.4. The molecule has 1 amide bonds. The molecule has 1 aliphatic rings. The minimum absolute atomic E-state index is 0.0841. The Hall–Kier alpha value is -4.53. The molecule has 9 heteroatoms. The number of fused-ring (bicyclic) bond motifs is 2. The van der Waals surface area contributed by atoms with E-state index < -0.39 is 0 Å². The highest BCUT2D eigenvalue weighted by atomic mass is 16.5. The SMILES string of the molecule is Cc1ccc(COc2ccccc2[C@H]2CC(=O)Nc3c2cnn3-c2ccc3nnc(C)n3n2)cc1.